The van der Waals surface area contributed by atoms with Crippen LogP contribution < -0.4 is 0 Å². The van der Waals surface area contributed by atoms with Crippen LogP contribution in [0.15, 0.2) is 23.8 Å². The van der Waals surface area contributed by atoms with Gasteiger partial charge in [0.05, 0.1) is 0 Å². The molecule has 0 amide bonds. The van der Waals surface area contributed by atoms with Crippen LogP contribution in [0, 0.1) is 50.2 Å². The van der Waals surface area contributed by atoms with Crippen molar-refractivity contribution in [3.8, 4) is 0 Å². The highest BCUT2D eigenvalue weighted by molar-refractivity contribution is 5.96. The minimum atomic E-state index is -1.18. The van der Waals surface area contributed by atoms with Crippen LogP contribution in [0.1, 0.15) is 106 Å². The Labute approximate surface area is 239 Å². The third-order valence-corrected chi connectivity index (χ3v) is 13.5. The lowest BCUT2D eigenvalue weighted by Crippen LogP contribution is -2.66. The number of fused-ring (bicyclic) bond motifs is 7. The number of ether oxygens (including phenoxy) is 1. The van der Waals surface area contributed by atoms with Gasteiger partial charge >= 0.3 is 11.9 Å². The third kappa shape index (κ3) is 4.01. The predicted molar refractivity (Wildman–Crippen MR) is 152 cm³/mol. The van der Waals surface area contributed by atoms with Gasteiger partial charge in [-0.3, -0.25) is 4.79 Å². The number of hydrogen-bond donors (Lipinski definition) is 1. The molecule has 0 aliphatic heterocycles. The molecule has 0 saturated heterocycles. The Balaban J connectivity index is 1.50. The van der Waals surface area contributed by atoms with Crippen LogP contribution in [0.5, 0.6) is 0 Å². The number of rotatable bonds is 4. The van der Waals surface area contributed by atoms with Crippen LogP contribution in [0.25, 0.3) is 0 Å². The zero-order valence-corrected chi connectivity index (χ0v) is 25.5. The van der Waals surface area contributed by atoms with E-state index in [0.717, 1.165) is 69.8 Å². The molecule has 1 N–H and O–H groups in total. The van der Waals surface area contributed by atoms with E-state index in [4.69, 9.17) is 9.84 Å². The Hall–Kier alpha value is -2.24. The lowest BCUT2D eigenvalue weighted by molar-refractivity contribution is -0.209. The first-order chi connectivity index (χ1) is 18.5. The van der Waals surface area contributed by atoms with E-state index in [0.29, 0.717) is 6.42 Å². The summed E-state index contributed by atoms with van der Waals surface area (Å²) in [6.45, 7) is 15.9. The molecule has 6 heteroatoms. The standard InChI is InChI=1S/C34H48O6/c1-29(2)24-10-13-34(7)28(32(24,5)12-11-25(29)40-27(39)9-8-26(37)38)23(36)18-21-22-19-30(3,20-35)14-15-31(22,4)16-17-33(21,34)6/h8-9,18,20,22,24-25,28H,10-17,19H2,1-7H3,(H,37,38)/b9-8-/t22-,24?,25-,28?,30-,31+,32-,33?,34+/m0/s1. The summed E-state index contributed by atoms with van der Waals surface area (Å²) in [5, 5.41) is 8.89. The fraction of sp³-hybridized carbons (Fsp3) is 0.765. The number of ketones is 1. The zero-order valence-electron chi connectivity index (χ0n) is 25.5. The van der Waals surface area contributed by atoms with Gasteiger partial charge in [-0.05, 0) is 97.4 Å². The molecule has 40 heavy (non-hydrogen) atoms. The van der Waals surface area contributed by atoms with E-state index in [1.165, 1.54) is 5.57 Å². The number of aldehydes is 1. The van der Waals surface area contributed by atoms with Crippen molar-refractivity contribution in [2.45, 2.75) is 112 Å². The van der Waals surface area contributed by atoms with Gasteiger partial charge in [-0.15, -0.1) is 0 Å². The summed E-state index contributed by atoms with van der Waals surface area (Å²) in [6.07, 6.45) is 13.0. The Morgan fingerprint density at radius 2 is 1.60 bits per heavy atom. The summed E-state index contributed by atoms with van der Waals surface area (Å²) in [5.74, 6) is -1.21. The molecule has 220 valence electrons. The topological polar surface area (TPSA) is 97.7 Å². The van der Waals surface area contributed by atoms with E-state index in [9.17, 15) is 19.2 Å². The summed E-state index contributed by atoms with van der Waals surface area (Å²) in [6, 6.07) is 0. The monoisotopic (exact) mass is 552 g/mol. The second-order valence-corrected chi connectivity index (χ2v) is 15.9. The maximum atomic E-state index is 14.4. The number of allylic oxidation sites excluding steroid dienone is 2. The maximum absolute atomic E-state index is 14.4. The van der Waals surface area contributed by atoms with Crippen molar-refractivity contribution in [1.82, 2.24) is 0 Å². The number of aliphatic carboxylic acids is 1. The lowest BCUT2D eigenvalue weighted by atomic mass is 9.33. The minimum absolute atomic E-state index is 0.0973. The van der Waals surface area contributed by atoms with Crippen LogP contribution in [-0.4, -0.2) is 35.2 Å². The molecule has 5 aliphatic rings. The summed E-state index contributed by atoms with van der Waals surface area (Å²) >= 11 is 0. The van der Waals surface area contributed by atoms with E-state index < -0.39 is 11.9 Å². The second kappa shape index (κ2) is 9.13. The highest BCUT2D eigenvalue weighted by atomic mass is 16.5. The molecule has 0 aromatic carbocycles. The van der Waals surface area contributed by atoms with Gasteiger partial charge in [-0.1, -0.05) is 54.0 Å². The SMILES string of the molecule is CC1(C)C2CC[C@]3(C)C(C(=O)C=C4[C@@H]5C[C@@](C)(C=O)CC[C@]5(C)CCC43C)[C@@]2(C)CC[C@@H]1OC(=O)/C=C\C(=O)O. The molecule has 4 fully saturated rings. The van der Waals surface area contributed by atoms with Crippen molar-refractivity contribution in [2.75, 3.05) is 0 Å². The number of carbonyl (C=O) groups is 4. The Kier molecular flexibility index (Phi) is 6.68. The van der Waals surface area contributed by atoms with Gasteiger partial charge in [0.15, 0.2) is 5.78 Å². The first kappa shape index (κ1) is 29.3. The number of esters is 1. The van der Waals surface area contributed by atoms with Gasteiger partial charge in [-0.25, -0.2) is 9.59 Å². The van der Waals surface area contributed by atoms with Gasteiger partial charge in [0, 0.05) is 28.9 Å². The lowest BCUT2D eigenvalue weighted by Gasteiger charge is -2.70. The first-order valence-electron chi connectivity index (χ1n) is 15.3. The van der Waals surface area contributed by atoms with Gasteiger partial charge < -0.3 is 14.6 Å². The molecule has 0 heterocycles. The van der Waals surface area contributed by atoms with E-state index in [2.05, 4.69) is 48.5 Å². The van der Waals surface area contributed by atoms with Crippen molar-refractivity contribution in [3.63, 3.8) is 0 Å². The maximum Gasteiger partial charge on any atom is 0.331 e. The van der Waals surface area contributed by atoms with Crippen LogP contribution in [0.2, 0.25) is 0 Å². The fourth-order valence-corrected chi connectivity index (χ4v) is 10.8. The van der Waals surface area contributed by atoms with Crippen LogP contribution in [-0.2, 0) is 23.9 Å². The predicted octanol–water partition coefficient (Wildman–Crippen LogP) is 6.72. The molecular formula is C34H48O6. The average Bonchev–Trinajstić information content (AvgIpc) is 2.87. The molecule has 6 nitrogen and oxygen atoms in total. The molecule has 0 bridgehead atoms. The highest BCUT2D eigenvalue weighted by Crippen LogP contribution is 2.75. The van der Waals surface area contributed by atoms with Crippen LogP contribution in [0.4, 0.5) is 0 Å². The van der Waals surface area contributed by atoms with Gasteiger partial charge in [0.25, 0.3) is 0 Å². The van der Waals surface area contributed by atoms with Crippen molar-refractivity contribution >= 4 is 24.0 Å². The smallest absolute Gasteiger partial charge is 0.331 e. The van der Waals surface area contributed by atoms with Crippen LogP contribution >= 0.6 is 0 Å². The first-order valence-corrected chi connectivity index (χ1v) is 15.3. The molecule has 5 rings (SSSR count). The molecule has 0 radical (unpaired) electrons. The fourth-order valence-electron chi connectivity index (χ4n) is 10.8. The average molecular weight is 553 g/mol. The zero-order chi connectivity index (χ0) is 29.5. The van der Waals surface area contributed by atoms with Gasteiger partial charge in [-0.2, -0.15) is 0 Å². The largest absolute Gasteiger partial charge is 0.478 e. The van der Waals surface area contributed by atoms with E-state index >= 15 is 0 Å². The van der Waals surface area contributed by atoms with E-state index in [1.54, 1.807) is 0 Å². The summed E-state index contributed by atoms with van der Waals surface area (Å²) in [5.41, 5.74) is 0.256. The Bertz CT molecular complexity index is 1200. The van der Waals surface area contributed by atoms with Crippen molar-refractivity contribution in [1.29, 1.82) is 0 Å². The van der Waals surface area contributed by atoms with Gasteiger partial charge in [0.2, 0.25) is 0 Å². The van der Waals surface area contributed by atoms with E-state index in [1.807, 2.05) is 6.08 Å². The van der Waals surface area contributed by atoms with Crippen LogP contribution in [0.3, 0.4) is 0 Å². The molecule has 4 saturated carbocycles. The summed E-state index contributed by atoms with van der Waals surface area (Å²) < 4.78 is 5.83. The number of hydrogen-bond acceptors (Lipinski definition) is 5. The van der Waals surface area contributed by atoms with Gasteiger partial charge in [0.1, 0.15) is 12.4 Å². The summed E-state index contributed by atoms with van der Waals surface area (Å²) in [7, 11) is 0. The molecular weight excluding hydrogens is 504 g/mol. The normalized spacial score (nSPS) is 47.7. The third-order valence-electron chi connectivity index (χ3n) is 13.5. The number of carboxylic acid groups (broad SMARTS) is 1. The minimum Gasteiger partial charge on any atom is -0.478 e. The molecule has 5 aliphatic carbocycles. The molecule has 0 spiro atoms. The van der Waals surface area contributed by atoms with Crippen molar-refractivity contribution < 1.29 is 29.0 Å². The Morgan fingerprint density at radius 3 is 2.25 bits per heavy atom. The van der Waals surface area contributed by atoms with Crippen molar-refractivity contribution in [2.24, 2.45) is 50.2 Å². The number of carbonyl (C=O) groups excluding carboxylic acids is 3. The molecule has 3 unspecified atom stereocenters. The second-order valence-electron chi connectivity index (χ2n) is 15.9. The Morgan fingerprint density at radius 1 is 0.925 bits per heavy atom. The van der Waals surface area contributed by atoms with E-state index in [-0.39, 0.29) is 62.1 Å². The quantitative estimate of drug-likeness (QED) is 0.236. The molecule has 9 atom stereocenters. The number of carboxylic acids is 1. The van der Waals surface area contributed by atoms with Crippen molar-refractivity contribution in [3.05, 3.63) is 23.8 Å². The molecule has 0 aromatic heterocycles. The highest BCUT2D eigenvalue weighted by Gasteiger charge is 2.70. The summed E-state index contributed by atoms with van der Waals surface area (Å²) in [4.78, 5) is 49.8. The molecule has 0 aromatic rings.